The highest BCUT2D eigenvalue weighted by Gasteiger charge is 2.14. The first-order chi connectivity index (χ1) is 8.15. The minimum absolute atomic E-state index is 0.384. The molecule has 0 radical (unpaired) electrons. The number of aromatic nitrogens is 3. The molecule has 0 spiro atoms. The van der Waals surface area contributed by atoms with Crippen LogP contribution in [0.5, 0.6) is 5.75 Å². The molecule has 90 valence electrons. The van der Waals surface area contributed by atoms with Gasteiger partial charge >= 0.3 is 0 Å². The highest BCUT2D eigenvalue weighted by atomic mass is 19.1. The van der Waals surface area contributed by atoms with E-state index in [2.05, 4.69) is 20.5 Å². The fourth-order valence-corrected chi connectivity index (χ4v) is 1.65. The summed E-state index contributed by atoms with van der Waals surface area (Å²) >= 11 is 0. The topological polar surface area (TPSA) is 62.8 Å². The molecule has 2 N–H and O–H groups in total. The maximum atomic E-state index is 13.5. The van der Waals surface area contributed by atoms with Crippen molar-refractivity contribution < 1.29 is 9.13 Å². The van der Waals surface area contributed by atoms with Crippen LogP contribution in [0, 0.1) is 12.7 Å². The predicted octanol–water partition coefficient (Wildman–Crippen LogP) is 1.97. The molecule has 0 aliphatic carbocycles. The number of nitrogens with one attached hydrogen (secondary N) is 2. The Hall–Kier alpha value is -2.11. The number of hydrogen-bond acceptors (Lipinski definition) is 4. The molecule has 17 heavy (non-hydrogen) atoms. The zero-order valence-electron chi connectivity index (χ0n) is 9.84. The number of anilines is 1. The summed E-state index contributed by atoms with van der Waals surface area (Å²) in [7, 11) is 3.23. The van der Waals surface area contributed by atoms with E-state index in [1.165, 1.54) is 19.2 Å². The van der Waals surface area contributed by atoms with E-state index in [0.717, 1.165) is 0 Å². The van der Waals surface area contributed by atoms with Gasteiger partial charge in [0.05, 0.1) is 12.8 Å². The minimum atomic E-state index is -0.384. The van der Waals surface area contributed by atoms with Crippen molar-refractivity contribution in [1.29, 1.82) is 0 Å². The number of ether oxygens (including phenoxy) is 1. The van der Waals surface area contributed by atoms with Crippen molar-refractivity contribution in [1.82, 2.24) is 15.2 Å². The van der Waals surface area contributed by atoms with Crippen molar-refractivity contribution in [3.63, 3.8) is 0 Å². The molecule has 0 unspecified atom stereocenters. The van der Waals surface area contributed by atoms with Crippen molar-refractivity contribution in [2.24, 2.45) is 0 Å². The van der Waals surface area contributed by atoms with Gasteiger partial charge in [-0.05, 0) is 13.0 Å². The Morgan fingerprint density at radius 1 is 1.41 bits per heavy atom. The van der Waals surface area contributed by atoms with Gasteiger partial charge in [0.2, 0.25) is 0 Å². The van der Waals surface area contributed by atoms with Crippen LogP contribution >= 0.6 is 0 Å². The molecule has 2 aromatic rings. The van der Waals surface area contributed by atoms with Crippen LogP contribution in [0.25, 0.3) is 11.4 Å². The monoisotopic (exact) mass is 236 g/mol. The zero-order valence-corrected chi connectivity index (χ0v) is 9.84. The molecule has 1 heterocycles. The second kappa shape index (κ2) is 4.40. The van der Waals surface area contributed by atoms with Crippen molar-refractivity contribution >= 4 is 5.69 Å². The maximum Gasteiger partial charge on any atom is 0.158 e. The van der Waals surface area contributed by atoms with Gasteiger partial charge in [-0.3, -0.25) is 5.10 Å². The first-order valence-electron chi connectivity index (χ1n) is 5.10. The third-order valence-corrected chi connectivity index (χ3v) is 2.39. The summed E-state index contributed by atoms with van der Waals surface area (Å²) in [5, 5.41) is 9.65. The highest BCUT2D eigenvalue weighted by Crippen LogP contribution is 2.34. The van der Waals surface area contributed by atoms with E-state index in [4.69, 9.17) is 4.74 Å². The molecule has 5 nitrogen and oxygen atoms in total. The number of aromatic amines is 1. The molecule has 0 saturated heterocycles. The minimum Gasteiger partial charge on any atom is -0.494 e. The Morgan fingerprint density at radius 3 is 2.71 bits per heavy atom. The molecule has 1 aromatic heterocycles. The highest BCUT2D eigenvalue weighted by molar-refractivity contribution is 5.78. The lowest BCUT2D eigenvalue weighted by Crippen LogP contribution is -1.98. The summed E-state index contributed by atoms with van der Waals surface area (Å²) in [6, 6.07) is 2.70. The third-order valence-electron chi connectivity index (χ3n) is 2.39. The Bertz CT molecular complexity index is 538. The zero-order chi connectivity index (χ0) is 12.4. The SMILES string of the molecule is CNc1c(OC)cc(F)cc1-c1nc(C)n[nH]1. The lowest BCUT2D eigenvalue weighted by Gasteiger charge is -2.12. The standard InChI is InChI=1S/C11H13FN4O/c1-6-14-11(16-15-6)8-4-7(12)5-9(17-3)10(8)13-2/h4-5,13H,1-3H3,(H,14,15,16). The van der Waals surface area contributed by atoms with Crippen LogP contribution in [0.2, 0.25) is 0 Å². The fraction of sp³-hybridized carbons (Fsp3) is 0.273. The smallest absolute Gasteiger partial charge is 0.158 e. The van der Waals surface area contributed by atoms with Crippen molar-refractivity contribution in [3.05, 3.63) is 23.8 Å². The number of hydrogen-bond donors (Lipinski definition) is 2. The lowest BCUT2D eigenvalue weighted by atomic mass is 10.1. The molecule has 1 aromatic carbocycles. The van der Waals surface area contributed by atoms with Crippen LogP contribution in [0.1, 0.15) is 5.82 Å². The molecule has 0 fully saturated rings. The van der Waals surface area contributed by atoms with Gasteiger partial charge in [0.15, 0.2) is 5.82 Å². The fourth-order valence-electron chi connectivity index (χ4n) is 1.65. The van der Waals surface area contributed by atoms with Gasteiger partial charge in [-0.25, -0.2) is 9.37 Å². The van der Waals surface area contributed by atoms with Crippen LogP contribution in [-0.4, -0.2) is 29.3 Å². The van der Waals surface area contributed by atoms with E-state index in [-0.39, 0.29) is 5.82 Å². The largest absolute Gasteiger partial charge is 0.494 e. The molecule has 6 heteroatoms. The van der Waals surface area contributed by atoms with E-state index in [1.807, 2.05) is 0 Å². The van der Waals surface area contributed by atoms with Crippen molar-refractivity contribution in [2.45, 2.75) is 6.92 Å². The van der Waals surface area contributed by atoms with Crippen molar-refractivity contribution in [2.75, 3.05) is 19.5 Å². The van der Waals surface area contributed by atoms with E-state index < -0.39 is 0 Å². The molecule has 0 saturated carbocycles. The molecular weight excluding hydrogens is 223 g/mol. The Labute approximate surface area is 98.0 Å². The van der Waals surface area contributed by atoms with Crippen molar-refractivity contribution in [3.8, 4) is 17.1 Å². The molecule has 2 rings (SSSR count). The maximum absolute atomic E-state index is 13.5. The van der Waals surface area contributed by atoms with Crippen LogP contribution < -0.4 is 10.1 Å². The summed E-state index contributed by atoms with van der Waals surface area (Å²) in [6.07, 6.45) is 0. The second-order valence-corrected chi connectivity index (χ2v) is 3.51. The summed E-state index contributed by atoms with van der Waals surface area (Å²) in [5.41, 5.74) is 1.26. The van der Waals surface area contributed by atoms with Gasteiger partial charge in [-0.15, -0.1) is 0 Å². The summed E-state index contributed by atoms with van der Waals surface area (Å²) in [4.78, 5) is 4.18. The van der Waals surface area contributed by atoms with E-state index in [0.29, 0.717) is 28.6 Å². The van der Waals surface area contributed by atoms with Gasteiger partial charge in [-0.1, -0.05) is 0 Å². The van der Waals surface area contributed by atoms with Gasteiger partial charge < -0.3 is 10.1 Å². The number of H-pyrrole nitrogens is 1. The Balaban J connectivity index is 2.63. The number of rotatable bonds is 3. The third kappa shape index (κ3) is 2.06. The first kappa shape index (κ1) is 11.4. The molecule has 0 bridgehead atoms. The number of methoxy groups -OCH3 is 1. The normalized spacial score (nSPS) is 10.4. The molecular formula is C11H13FN4O. The van der Waals surface area contributed by atoms with Crippen LogP contribution in [0.4, 0.5) is 10.1 Å². The number of nitrogens with zero attached hydrogens (tertiary/aromatic N) is 2. The Kier molecular flexibility index (Phi) is 2.95. The quantitative estimate of drug-likeness (QED) is 0.855. The summed E-state index contributed by atoms with van der Waals surface area (Å²) in [6.45, 7) is 1.76. The summed E-state index contributed by atoms with van der Waals surface area (Å²) in [5.74, 6) is 1.15. The molecule has 0 atom stereocenters. The first-order valence-corrected chi connectivity index (χ1v) is 5.10. The summed E-state index contributed by atoms with van der Waals surface area (Å²) < 4.78 is 18.6. The van der Waals surface area contributed by atoms with Gasteiger partial charge in [0.1, 0.15) is 17.4 Å². The number of halogens is 1. The van der Waals surface area contributed by atoms with Crippen LogP contribution in [0.15, 0.2) is 12.1 Å². The van der Waals surface area contributed by atoms with Crippen LogP contribution in [0.3, 0.4) is 0 Å². The number of benzene rings is 1. The second-order valence-electron chi connectivity index (χ2n) is 3.51. The average Bonchev–Trinajstić information content (AvgIpc) is 2.74. The van der Waals surface area contributed by atoms with Gasteiger partial charge in [-0.2, -0.15) is 5.10 Å². The molecule has 0 aliphatic rings. The van der Waals surface area contributed by atoms with E-state index in [9.17, 15) is 4.39 Å². The molecule has 0 amide bonds. The Morgan fingerprint density at radius 2 is 2.18 bits per heavy atom. The van der Waals surface area contributed by atoms with E-state index in [1.54, 1.807) is 14.0 Å². The van der Waals surface area contributed by atoms with Gasteiger partial charge in [0, 0.05) is 18.7 Å². The average molecular weight is 236 g/mol. The predicted molar refractivity (Wildman–Crippen MR) is 62.6 cm³/mol. The van der Waals surface area contributed by atoms with E-state index >= 15 is 0 Å². The van der Waals surface area contributed by atoms with Gasteiger partial charge in [0.25, 0.3) is 0 Å². The molecule has 0 aliphatic heterocycles. The lowest BCUT2D eigenvalue weighted by molar-refractivity contribution is 0.413. The number of aryl methyl sites for hydroxylation is 1. The van der Waals surface area contributed by atoms with Crippen LogP contribution in [-0.2, 0) is 0 Å².